The third-order valence-electron chi connectivity index (χ3n) is 3.97. The van der Waals surface area contributed by atoms with Gasteiger partial charge in [0.25, 0.3) is 0 Å². The Labute approximate surface area is 118 Å². The molecule has 2 unspecified atom stereocenters. The first kappa shape index (κ1) is 14.3. The number of carboxylic acid groups (broad SMARTS) is 1. The van der Waals surface area contributed by atoms with Crippen LogP contribution in [0.4, 0.5) is 0 Å². The lowest BCUT2D eigenvalue weighted by atomic mass is 9.89. The molecule has 2 heterocycles. The molecule has 1 aliphatic rings. The maximum absolute atomic E-state index is 10.6. The van der Waals surface area contributed by atoms with Gasteiger partial charge in [0.1, 0.15) is 0 Å². The van der Waals surface area contributed by atoms with Gasteiger partial charge >= 0.3 is 5.97 Å². The average molecular weight is 279 g/mol. The van der Waals surface area contributed by atoms with Crippen LogP contribution in [0.25, 0.3) is 6.08 Å². The van der Waals surface area contributed by atoms with Gasteiger partial charge in [-0.3, -0.25) is 4.90 Å². The van der Waals surface area contributed by atoms with E-state index in [2.05, 4.69) is 18.7 Å². The highest BCUT2D eigenvalue weighted by Gasteiger charge is 2.23. The largest absolute Gasteiger partial charge is 0.478 e. The summed E-state index contributed by atoms with van der Waals surface area (Å²) in [5.74, 6) is 0.662. The Morgan fingerprint density at radius 1 is 1.53 bits per heavy atom. The third kappa shape index (κ3) is 3.91. The fourth-order valence-electron chi connectivity index (χ4n) is 2.48. The molecule has 1 N–H and O–H groups in total. The van der Waals surface area contributed by atoms with E-state index in [4.69, 9.17) is 5.11 Å². The predicted octanol–water partition coefficient (Wildman–Crippen LogP) is 3.32. The van der Waals surface area contributed by atoms with E-state index in [0.717, 1.165) is 37.0 Å². The molecule has 1 aromatic heterocycles. The summed E-state index contributed by atoms with van der Waals surface area (Å²) in [7, 11) is 0. The number of carboxylic acids is 1. The molecule has 1 aliphatic heterocycles. The number of piperidine rings is 1. The Bertz CT molecular complexity index is 466. The summed E-state index contributed by atoms with van der Waals surface area (Å²) in [6, 6.07) is 2.00. The molecular weight excluding hydrogens is 258 g/mol. The molecule has 4 heteroatoms. The molecule has 104 valence electrons. The average Bonchev–Trinajstić information content (AvgIpc) is 2.79. The summed E-state index contributed by atoms with van der Waals surface area (Å²) in [5, 5.41) is 10.7. The van der Waals surface area contributed by atoms with Crippen molar-refractivity contribution in [3.05, 3.63) is 28.0 Å². The Morgan fingerprint density at radius 2 is 2.32 bits per heavy atom. The van der Waals surface area contributed by atoms with Gasteiger partial charge < -0.3 is 5.11 Å². The fourth-order valence-corrected chi connectivity index (χ4v) is 3.39. The predicted molar refractivity (Wildman–Crippen MR) is 79.2 cm³/mol. The SMILES string of the molecule is CC1CCN(Cc2sccc2/C=C/C(=O)O)CC1C. The lowest BCUT2D eigenvalue weighted by Crippen LogP contribution is -2.37. The van der Waals surface area contributed by atoms with Crippen LogP contribution in [0.3, 0.4) is 0 Å². The fraction of sp³-hybridized carbons (Fsp3) is 0.533. The zero-order valence-corrected chi connectivity index (χ0v) is 12.3. The molecule has 0 radical (unpaired) electrons. The van der Waals surface area contributed by atoms with E-state index < -0.39 is 5.97 Å². The minimum absolute atomic E-state index is 0.742. The summed E-state index contributed by atoms with van der Waals surface area (Å²) >= 11 is 1.71. The molecule has 0 aromatic carbocycles. The normalized spacial score (nSPS) is 24.9. The molecule has 2 rings (SSSR count). The van der Waals surface area contributed by atoms with Crippen molar-refractivity contribution in [2.24, 2.45) is 11.8 Å². The molecule has 19 heavy (non-hydrogen) atoms. The van der Waals surface area contributed by atoms with Crippen LogP contribution in [-0.4, -0.2) is 29.1 Å². The van der Waals surface area contributed by atoms with Gasteiger partial charge in [-0.15, -0.1) is 11.3 Å². The number of carbonyl (C=O) groups is 1. The van der Waals surface area contributed by atoms with Crippen molar-refractivity contribution in [2.75, 3.05) is 13.1 Å². The summed E-state index contributed by atoms with van der Waals surface area (Å²) < 4.78 is 0. The first-order valence-electron chi connectivity index (χ1n) is 6.76. The summed E-state index contributed by atoms with van der Waals surface area (Å²) in [6.07, 6.45) is 4.17. The van der Waals surface area contributed by atoms with Crippen LogP contribution in [0.5, 0.6) is 0 Å². The van der Waals surface area contributed by atoms with Gasteiger partial charge in [-0.2, -0.15) is 0 Å². The molecule has 1 fully saturated rings. The van der Waals surface area contributed by atoms with Crippen LogP contribution in [0, 0.1) is 11.8 Å². The van der Waals surface area contributed by atoms with Crippen LogP contribution in [0.15, 0.2) is 17.5 Å². The molecular formula is C15H21NO2S. The number of likely N-dealkylation sites (tertiary alicyclic amines) is 1. The lowest BCUT2D eigenvalue weighted by Gasteiger charge is -2.35. The van der Waals surface area contributed by atoms with Crippen LogP contribution >= 0.6 is 11.3 Å². The van der Waals surface area contributed by atoms with Crippen LogP contribution in [-0.2, 0) is 11.3 Å². The number of thiophene rings is 1. The monoisotopic (exact) mass is 279 g/mol. The molecule has 0 saturated carbocycles. The summed E-state index contributed by atoms with van der Waals surface area (Å²) in [6.45, 7) is 7.87. The van der Waals surface area contributed by atoms with Crippen LogP contribution in [0.1, 0.15) is 30.7 Å². The van der Waals surface area contributed by atoms with Gasteiger partial charge in [0, 0.05) is 24.0 Å². The highest BCUT2D eigenvalue weighted by molar-refractivity contribution is 7.10. The Kier molecular flexibility index (Phi) is 4.77. The Hall–Kier alpha value is -1.13. The second-order valence-corrected chi connectivity index (χ2v) is 6.45. The third-order valence-corrected chi connectivity index (χ3v) is 4.89. The van der Waals surface area contributed by atoms with Crippen molar-refractivity contribution >= 4 is 23.4 Å². The van der Waals surface area contributed by atoms with Gasteiger partial charge in [0.15, 0.2) is 0 Å². The number of rotatable bonds is 4. The molecule has 0 amide bonds. The molecule has 1 saturated heterocycles. The second kappa shape index (κ2) is 6.35. The molecule has 1 aromatic rings. The van der Waals surface area contributed by atoms with Crippen LogP contribution < -0.4 is 0 Å². The van der Waals surface area contributed by atoms with E-state index in [-0.39, 0.29) is 0 Å². The van der Waals surface area contributed by atoms with Gasteiger partial charge in [0.2, 0.25) is 0 Å². The van der Waals surface area contributed by atoms with Gasteiger partial charge in [0.05, 0.1) is 0 Å². The van der Waals surface area contributed by atoms with E-state index in [9.17, 15) is 4.79 Å². The van der Waals surface area contributed by atoms with Gasteiger partial charge in [-0.25, -0.2) is 4.79 Å². The standard InChI is InChI=1S/C15H21NO2S/c1-11-5-7-16(9-12(11)2)10-14-13(6-8-19-14)3-4-15(17)18/h3-4,6,8,11-12H,5,7,9-10H2,1-2H3,(H,17,18)/b4-3+. The minimum Gasteiger partial charge on any atom is -0.478 e. The van der Waals surface area contributed by atoms with Gasteiger partial charge in [-0.05, 0) is 47.9 Å². The first-order valence-corrected chi connectivity index (χ1v) is 7.64. The van der Waals surface area contributed by atoms with E-state index in [1.807, 2.05) is 11.4 Å². The maximum atomic E-state index is 10.6. The number of hydrogen-bond donors (Lipinski definition) is 1. The summed E-state index contributed by atoms with van der Waals surface area (Å²) in [5.41, 5.74) is 1.04. The van der Waals surface area contributed by atoms with E-state index in [0.29, 0.717) is 0 Å². The topological polar surface area (TPSA) is 40.5 Å². The van der Waals surface area contributed by atoms with Crippen molar-refractivity contribution in [3.8, 4) is 0 Å². The molecule has 0 spiro atoms. The van der Waals surface area contributed by atoms with Crippen molar-refractivity contribution in [3.63, 3.8) is 0 Å². The molecule has 0 bridgehead atoms. The van der Waals surface area contributed by atoms with Gasteiger partial charge in [-0.1, -0.05) is 13.8 Å². The minimum atomic E-state index is -0.891. The quantitative estimate of drug-likeness (QED) is 0.860. The van der Waals surface area contributed by atoms with E-state index in [1.165, 1.54) is 17.4 Å². The van der Waals surface area contributed by atoms with Crippen molar-refractivity contribution in [1.82, 2.24) is 4.90 Å². The van der Waals surface area contributed by atoms with Crippen molar-refractivity contribution in [1.29, 1.82) is 0 Å². The smallest absolute Gasteiger partial charge is 0.328 e. The number of hydrogen-bond acceptors (Lipinski definition) is 3. The maximum Gasteiger partial charge on any atom is 0.328 e. The highest BCUT2D eigenvalue weighted by atomic mass is 32.1. The zero-order valence-electron chi connectivity index (χ0n) is 11.5. The highest BCUT2D eigenvalue weighted by Crippen LogP contribution is 2.26. The molecule has 0 aliphatic carbocycles. The van der Waals surface area contributed by atoms with E-state index in [1.54, 1.807) is 17.4 Å². The van der Waals surface area contributed by atoms with Crippen molar-refractivity contribution in [2.45, 2.75) is 26.8 Å². The van der Waals surface area contributed by atoms with Crippen LogP contribution in [0.2, 0.25) is 0 Å². The number of aliphatic carboxylic acids is 1. The lowest BCUT2D eigenvalue weighted by molar-refractivity contribution is -0.131. The Morgan fingerprint density at radius 3 is 3.00 bits per heavy atom. The summed E-state index contributed by atoms with van der Waals surface area (Å²) in [4.78, 5) is 14.3. The first-order chi connectivity index (χ1) is 9.06. The Balaban J connectivity index is 2.00. The number of nitrogens with zero attached hydrogens (tertiary/aromatic N) is 1. The van der Waals surface area contributed by atoms with Crippen molar-refractivity contribution < 1.29 is 9.90 Å². The van der Waals surface area contributed by atoms with E-state index >= 15 is 0 Å². The molecule has 3 nitrogen and oxygen atoms in total. The second-order valence-electron chi connectivity index (χ2n) is 5.45. The molecule has 2 atom stereocenters. The zero-order chi connectivity index (χ0) is 13.8.